The third kappa shape index (κ3) is 1.26. The van der Waals surface area contributed by atoms with Crippen LogP contribution in [0.5, 0.6) is 0 Å². The van der Waals surface area contributed by atoms with Crippen LogP contribution in [-0.4, -0.2) is 30.9 Å². The number of aromatic nitrogens is 4. The monoisotopic (exact) mass is 176 g/mol. The third-order valence-electron chi connectivity index (χ3n) is 1.67. The van der Waals surface area contributed by atoms with Crippen molar-refractivity contribution in [2.24, 2.45) is 0 Å². The summed E-state index contributed by atoms with van der Waals surface area (Å²) in [4.78, 5) is 0. The zero-order valence-electron chi connectivity index (χ0n) is 6.65. The highest BCUT2D eigenvalue weighted by atomic mass is 28.1. The molecule has 12 heavy (non-hydrogen) atoms. The molecule has 0 fully saturated rings. The molecule has 0 saturated heterocycles. The molecule has 2 aromatic rings. The molecule has 0 unspecified atom stereocenters. The first-order valence-electron chi connectivity index (χ1n) is 3.67. The lowest BCUT2D eigenvalue weighted by molar-refractivity contribution is 0.881. The number of nitrogens with one attached hydrogen (secondary N) is 1. The van der Waals surface area contributed by atoms with E-state index in [1.807, 2.05) is 12.1 Å². The van der Waals surface area contributed by atoms with Crippen LogP contribution in [0.15, 0.2) is 24.3 Å². The van der Waals surface area contributed by atoms with E-state index >= 15 is 0 Å². The summed E-state index contributed by atoms with van der Waals surface area (Å²) in [6.45, 7) is 0. The Morgan fingerprint density at radius 2 is 1.92 bits per heavy atom. The molecule has 1 N–H and O–H groups in total. The molecule has 1 aromatic heterocycles. The Bertz CT molecular complexity index is 353. The second kappa shape index (κ2) is 2.86. The van der Waals surface area contributed by atoms with Crippen LogP contribution < -0.4 is 5.19 Å². The average molecular weight is 176 g/mol. The van der Waals surface area contributed by atoms with Crippen molar-refractivity contribution in [1.82, 2.24) is 20.6 Å². The van der Waals surface area contributed by atoms with Crippen LogP contribution in [0.4, 0.5) is 0 Å². The van der Waals surface area contributed by atoms with Crippen molar-refractivity contribution < 1.29 is 0 Å². The van der Waals surface area contributed by atoms with E-state index in [1.165, 1.54) is 5.19 Å². The maximum absolute atomic E-state index is 3.81. The normalized spacial score (nSPS) is 10.3. The lowest BCUT2D eigenvalue weighted by Crippen LogP contribution is -1.99. The first-order chi connectivity index (χ1) is 5.86. The number of hydrogen-bond donors (Lipinski definition) is 1. The Morgan fingerprint density at radius 3 is 2.50 bits per heavy atom. The summed E-state index contributed by atoms with van der Waals surface area (Å²) >= 11 is 0. The summed E-state index contributed by atoms with van der Waals surface area (Å²) in [5, 5.41) is 14.9. The summed E-state index contributed by atoms with van der Waals surface area (Å²) < 4.78 is 0. The Labute approximate surface area is 72.4 Å². The van der Waals surface area contributed by atoms with Gasteiger partial charge in [-0.15, -0.1) is 5.10 Å². The number of benzene rings is 1. The summed E-state index contributed by atoms with van der Waals surface area (Å²) in [5.74, 6) is 0.719. The molecule has 0 aliphatic carbocycles. The second-order valence-corrected chi connectivity index (χ2v) is 3.77. The van der Waals surface area contributed by atoms with Gasteiger partial charge in [0, 0.05) is 15.8 Å². The zero-order chi connectivity index (χ0) is 8.39. The summed E-state index contributed by atoms with van der Waals surface area (Å²) in [7, 11) is 1.08. The molecule has 0 aliphatic heterocycles. The van der Waals surface area contributed by atoms with Gasteiger partial charge in [-0.2, -0.15) is 0 Å². The predicted octanol–water partition coefficient (Wildman–Crippen LogP) is -1.14. The van der Waals surface area contributed by atoms with E-state index in [-0.39, 0.29) is 0 Å². The highest BCUT2D eigenvalue weighted by Gasteiger charge is 1.98. The number of tetrazole rings is 1. The van der Waals surface area contributed by atoms with Crippen LogP contribution in [0, 0.1) is 0 Å². The molecular weight excluding hydrogens is 168 g/mol. The zero-order valence-corrected chi connectivity index (χ0v) is 8.65. The first kappa shape index (κ1) is 7.17. The molecule has 4 nitrogen and oxygen atoms in total. The SMILES string of the molecule is [SiH3]c1ccc(-c2nnn[nH]2)cc1. The van der Waals surface area contributed by atoms with Gasteiger partial charge >= 0.3 is 0 Å². The molecule has 0 bridgehead atoms. The lowest BCUT2D eigenvalue weighted by atomic mass is 10.2. The highest BCUT2D eigenvalue weighted by Crippen LogP contribution is 2.09. The van der Waals surface area contributed by atoms with Crippen molar-refractivity contribution >= 4 is 15.4 Å². The van der Waals surface area contributed by atoms with Gasteiger partial charge in [0.2, 0.25) is 0 Å². The van der Waals surface area contributed by atoms with Gasteiger partial charge < -0.3 is 0 Å². The van der Waals surface area contributed by atoms with Crippen molar-refractivity contribution in [3.05, 3.63) is 24.3 Å². The largest absolute Gasteiger partial charge is 0.239 e. The molecule has 5 heteroatoms. The number of H-pyrrole nitrogens is 1. The molecule has 0 aliphatic rings. The van der Waals surface area contributed by atoms with E-state index in [0.29, 0.717) is 0 Å². The van der Waals surface area contributed by atoms with Gasteiger partial charge in [0.25, 0.3) is 0 Å². The van der Waals surface area contributed by atoms with Gasteiger partial charge in [-0.25, -0.2) is 5.10 Å². The van der Waals surface area contributed by atoms with Crippen LogP contribution in [0.1, 0.15) is 0 Å². The molecule has 0 spiro atoms. The van der Waals surface area contributed by atoms with Gasteiger partial charge in [-0.05, 0) is 10.4 Å². The van der Waals surface area contributed by atoms with E-state index in [4.69, 9.17) is 0 Å². The molecule has 0 amide bonds. The number of hydrogen-bond acceptors (Lipinski definition) is 3. The molecule has 1 heterocycles. The van der Waals surface area contributed by atoms with Crippen LogP contribution in [0.25, 0.3) is 11.4 Å². The highest BCUT2D eigenvalue weighted by molar-refractivity contribution is 6.32. The topological polar surface area (TPSA) is 54.5 Å². The standard InChI is InChI=1S/C7H8N4Si/c12-6-3-1-5(2-4-6)7-8-10-11-9-7/h1-4H,12H3,(H,8,9,10,11). The minimum atomic E-state index is 0.719. The van der Waals surface area contributed by atoms with E-state index in [1.54, 1.807) is 0 Å². The fourth-order valence-electron chi connectivity index (χ4n) is 0.993. The average Bonchev–Trinajstić information content (AvgIpc) is 2.58. The van der Waals surface area contributed by atoms with Crippen molar-refractivity contribution in [2.75, 3.05) is 0 Å². The predicted molar refractivity (Wildman–Crippen MR) is 49.2 cm³/mol. The van der Waals surface area contributed by atoms with Gasteiger partial charge in [0.15, 0.2) is 5.82 Å². The first-order valence-corrected chi connectivity index (χ1v) is 4.67. The van der Waals surface area contributed by atoms with Crippen LogP contribution in [-0.2, 0) is 0 Å². The molecule has 1 aromatic carbocycles. The van der Waals surface area contributed by atoms with Crippen LogP contribution >= 0.6 is 0 Å². The van der Waals surface area contributed by atoms with Gasteiger partial charge in [-0.1, -0.05) is 29.5 Å². The van der Waals surface area contributed by atoms with Crippen molar-refractivity contribution in [1.29, 1.82) is 0 Å². The van der Waals surface area contributed by atoms with Crippen molar-refractivity contribution in [3.63, 3.8) is 0 Å². The van der Waals surface area contributed by atoms with E-state index in [0.717, 1.165) is 21.6 Å². The molecule has 0 radical (unpaired) electrons. The fraction of sp³-hybridized carbons (Fsp3) is 0. The molecule has 60 valence electrons. The molecule has 0 saturated carbocycles. The van der Waals surface area contributed by atoms with Crippen LogP contribution in [0.3, 0.4) is 0 Å². The minimum absolute atomic E-state index is 0.719. The number of rotatable bonds is 1. The fourth-order valence-corrected chi connectivity index (χ4v) is 1.33. The second-order valence-electron chi connectivity index (χ2n) is 2.62. The maximum Gasteiger partial charge on any atom is 0.179 e. The quantitative estimate of drug-likeness (QED) is 0.559. The Hall–Kier alpha value is -1.49. The van der Waals surface area contributed by atoms with Crippen molar-refractivity contribution in [3.8, 4) is 11.4 Å². The van der Waals surface area contributed by atoms with Gasteiger partial charge in [-0.3, -0.25) is 0 Å². The summed E-state index contributed by atoms with van der Waals surface area (Å²) in [5.41, 5.74) is 1.03. The lowest BCUT2D eigenvalue weighted by Gasteiger charge is -1.94. The van der Waals surface area contributed by atoms with Gasteiger partial charge in [0.05, 0.1) is 0 Å². The summed E-state index contributed by atoms with van der Waals surface area (Å²) in [6.07, 6.45) is 0. The third-order valence-corrected chi connectivity index (χ3v) is 2.34. The molecular formula is C7H8N4Si. The summed E-state index contributed by atoms with van der Waals surface area (Å²) in [6, 6.07) is 8.21. The Morgan fingerprint density at radius 1 is 1.17 bits per heavy atom. The van der Waals surface area contributed by atoms with E-state index in [9.17, 15) is 0 Å². The Balaban J connectivity index is 2.43. The van der Waals surface area contributed by atoms with Crippen molar-refractivity contribution in [2.45, 2.75) is 0 Å². The minimum Gasteiger partial charge on any atom is -0.239 e. The maximum atomic E-state index is 3.81. The molecule has 0 atom stereocenters. The Kier molecular flexibility index (Phi) is 1.71. The number of nitrogens with zero attached hydrogens (tertiary/aromatic N) is 3. The van der Waals surface area contributed by atoms with E-state index < -0.39 is 0 Å². The smallest absolute Gasteiger partial charge is 0.179 e. The number of aromatic amines is 1. The molecule has 2 rings (SSSR count). The van der Waals surface area contributed by atoms with Crippen LogP contribution in [0.2, 0.25) is 0 Å². The van der Waals surface area contributed by atoms with E-state index in [2.05, 4.69) is 32.8 Å². The van der Waals surface area contributed by atoms with Gasteiger partial charge in [0.1, 0.15) is 0 Å².